The molecular formula is C11H10ClF. The highest BCUT2D eigenvalue weighted by Gasteiger charge is 2.00. The Hall–Kier alpha value is -1.00. The molecule has 0 nitrogen and oxygen atoms in total. The highest BCUT2D eigenvalue weighted by molar-refractivity contribution is 6.18. The molecule has 1 aromatic carbocycles. The number of halogens is 2. The average Bonchev–Trinajstić information content (AvgIpc) is 2.13. The van der Waals surface area contributed by atoms with Crippen molar-refractivity contribution in [3.63, 3.8) is 0 Å². The van der Waals surface area contributed by atoms with Gasteiger partial charge in [-0.3, -0.25) is 0 Å². The molecule has 0 spiro atoms. The molecule has 1 rings (SSSR count). The molecule has 0 aromatic heterocycles. The van der Waals surface area contributed by atoms with Crippen molar-refractivity contribution in [1.82, 2.24) is 0 Å². The minimum Gasteiger partial charge on any atom is -0.205 e. The summed E-state index contributed by atoms with van der Waals surface area (Å²) in [6.07, 6.45) is 0.592. The Morgan fingerprint density at radius 1 is 1.46 bits per heavy atom. The van der Waals surface area contributed by atoms with E-state index in [1.165, 1.54) is 0 Å². The summed E-state index contributed by atoms with van der Waals surface area (Å²) in [5.41, 5.74) is 1.07. The monoisotopic (exact) mass is 196 g/mol. The van der Waals surface area contributed by atoms with E-state index in [2.05, 4.69) is 11.8 Å². The zero-order valence-electron chi connectivity index (χ0n) is 7.40. The zero-order valence-corrected chi connectivity index (χ0v) is 8.16. The molecule has 0 atom stereocenters. The molecular weight excluding hydrogens is 187 g/mol. The third-order valence-corrected chi connectivity index (χ3v) is 1.82. The van der Waals surface area contributed by atoms with Crippen LogP contribution in [0.5, 0.6) is 0 Å². The van der Waals surface area contributed by atoms with Gasteiger partial charge in [0.25, 0.3) is 0 Å². The molecule has 0 aliphatic heterocycles. The Labute approximate surface area is 82.7 Å². The summed E-state index contributed by atoms with van der Waals surface area (Å²) in [5.74, 6) is 5.80. The van der Waals surface area contributed by atoms with Crippen molar-refractivity contribution in [2.45, 2.75) is 13.3 Å². The van der Waals surface area contributed by atoms with Gasteiger partial charge < -0.3 is 0 Å². The van der Waals surface area contributed by atoms with Crippen LogP contribution in [0.15, 0.2) is 18.2 Å². The number of hydrogen-bond acceptors (Lipinski definition) is 0. The van der Waals surface area contributed by atoms with Gasteiger partial charge in [0.2, 0.25) is 0 Å². The molecule has 13 heavy (non-hydrogen) atoms. The van der Waals surface area contributed by atoms with Crippen molar-refractivity contribution < 1.29 is 4.39 Å². The lowest BCUT2D eigenvalue weighted by molar-refractivity contribution is 0.615. The first-order valence-corrected chi connectivity index (χ1v) is 4.59. The highest BCUT2D eigenvalue weighted by atomic mass is 35.5. The average molecular weight is 197 g/mol. The number of rotatable bonds is 1. The van der Waals surface area contributed by atoms with Crippen molar-refractivity contribution in [1.29, 1.82) is 0 Å². The van der Waals surface area contributed by atoms with Gasteiger partial charge in [0.15, 0.2) is 0 Å². The molecule has 1 aromatic rings. The SMILES string of the molecule is Cc1cccc(C#CCCCl)c1F. The fourth-order valence-corrected chi connectivity index (χ4v) is 1.04. The van der Waals surface area contributed by atoms with Gasteiger partial charge >= 0.3 is 0 Å². The summed E-state index contributed by atoms with van der Waals surface area (Å²) >= 11 is 5.44. The zero-order chi connectivity index (χ0) is 9.68. The quantitative estimate of drug-likeness (QED) is 0.478. The van der Waals surface area contributed by atoms with Crippen LogP contribution >= 0.6 is 11.6 Å². The van der Waals surface area contributed by atoms with E-state index in [9.17, 15) is 4.39 Å². The fraction of sp³-hybridized carbons (Fsp3) is 0.273. The predicted octanol–water partition coefficient (Wildman–Crippen LogP) is 3.11. The fourth-order valence-electron chi connectivity index (χ4n) is 0.949. The van der Waals surface area contributed by atoms with Gasteiger partial charge in [0.05, 0.1) is 5.56 Å². The first-order valence-electron chi connectivity index (χ1n) is 4.05. The lowest BCUT2D eigenvalue weighted by Crippen LogP contribution is -1.87. The van der Waals surface area contributed by atoms with Crippen LogP contribution in [-0.4, -0.2) is 5.88 Å². The number of benzene rings is 1. The third-order valence-electron chi connectivity index (χ3n) is 1.63. The standard InChI is InChI=1S/C11H10ClF/c1-9-5-4-7-10(11(9)13)6-2-3-8-12/h4-5,7H,3,8H2,1H3. The van der Waals surface area contributed by atoms with Crippen molar-refractivity contribution in [3.05, 3.63) is 35.1 Å². The third kappa shape index (κ3) is 2.75. The molecule has 0 saturated heterocycles. The Morgan fingerprint density at radius 2 is 2.23 bits per heavy atom. The maximum Gasteiger partial charge on any atom is 0.141 e. The van der Waals surface area contributed by atoms with Crippen LogP contribution in [0.1, 0.15) is 17.5 Å². The van der Waals surface area contributed by atoms with Crippen LogP contribution in [0.2, 0.25) is 0 Å². The summed E-state index contributed by atoms with van der Waals surface area (Å²) in [6, 6.07) is 5.19. The van der Waals surface area contributed by atoms with Gasteiger partial charge in [-0.15, -0.1) is 11.6 Å². The summed E-state index contributed by atoms with van der Waals surface area (Å²) < 4.78 is 13.3. The largest absolute Gasteiger partial charge is 0.205 e. The molecule has 0 saturated carbocycles. The first-order chi connectivity index (χ1) is 6.25. The smallest absolute Gasteiger partial charge is 0.141 e. The molecule has 0 heterocycles. The van der Waals surface area contributed by atoms with Gasteiger partial charge in [-0.2, -0.15) is 0 Å². The predicted molar refractivity (Wildman–Crippen MR) is 53.4 cm³/mol. The van der Waals surface area contributed by atoms with E-state index in [4.69, 9.17) is 11.6 Å². The molecule has 0 aliphatic carbocycles. The van der Waals surface area contributed by atoms with Crippen molar-refractivity contribution in [2.24, 2.45) is 0 Å². The van der Waals surface area contributed by atoms with Crippen LogP contribution in [0.4, 0.5) is 4.39 Å². The van der Waals surface area contributed by atoms with E-state index < -0.39 is 0 Å². The van der Waals surface area contributed by atoms with Crippen molar-refractivity contribution in [2.75, 3.05) is 5.88 Å². The van der Waals surface area contributed by atoms with Crippen LogP contribution in [0, 0.1) is 24.6 Å². The number of hydrogen-bond donors (Lipinski definition) is 0. The van der Waals surface area contributed by atoms with E-state index in [1.807, 2.05) is 0 Å². The highest BCUT2D eigenvalue weighted by Crippen LogP contribution is 2.10. The minimum atomic E-state index is -0.232. The molecule has 68 valence electrons. The van der Waals surface area contributed by atoms with E-state index in [0.29, 0.717) is 23.4 Å². The summed E-state index contributed by atoms with van der Waals surface area (Å²) in [6.45, 7) is 1.72. The lowest BCUT2D eigenvalue weighted by Gasteiger charge is -1.96. The molecule has 0 fully saturated rings. The van der Waals surface area contributed by atoms with Crippen molar-refractivity contribution in [3.8, 4) is 11.8 Å². The molecule has 0 N–H and O–H groups in total. The molecule has 0 unspecified atom stereocenters. The Kier molecular flexibility index (Phi) is 3.79. The van der Waals surface area contributed by atoms with Crippen molar-refractivity contribution >= 4 is 11.6 Å². The van der Waals surface area contributed by atoms with Crippen LogP contribution < -0.4 is 0 Å². The Morgan fingerprint density at radius 3 is 2.92 bits per heavy atom. The van der Waals surface area contributed by atoms with Gasteiger partial charge in [-0.1, -0.05) is 24.0 Å². The van der Waals surface area contributed by atoms with Gasteiger partial charge in [0, 0.05) is 12.3 Å². The maximum absolute atomic E-state index is 13.3. The number of alkyl halides is 1. The summed E-state index contributed by atoms with van der Waals surface area (Å²) in [4.78, 5) is 0. The van der Waals surface area contributed by atoms with Crippen LogP contribution in [-0.2, 0) is 0 Å². The molecule has 2 heteroatoms. The van der Waals surface area contributed by atoms with Crippen LogP contribution in [0.3, 0.4) is 0 Å². The molecule has 0 amide bonds. The van der Waals surface area contributed by atoms with Crippen LogP contribution in [0.25, 0.3) is 0 Å². The topological polar surface area (TPSA) is 0 Å². The Balaban J connectivity index is 2.91. The molecule has 0 radical (unpaired) electrons. The van der Waals surface area contributed by atoms with Gasteiger partial charge in [-0.05, 0) is 18.6 Å². The first kappa shape index (κ1) is 10.1. The molecule has 0 aliphatic rings. The second-order valence-corrected chi connectivity index (χ2v) is 3.06. The minimum absolute atomic E-state index is 0.232. The second kappa shape index (κ2) is 4.89. The maximum atomic E-state index is 13.3. The van der Waals surface area contributed by atoms with Gasteiger partial charge in [-0.25, -0.2) is 4.39 Å². The number of aryl methyl sites for hydroxylation is 1. The Bertz CT molecular complexity index is 347. The van der Waals surface area contributed by atoms with E-state index >= 15 is 0 Å². The van der Waals surface area contributed by atoms with Gasteiger partial charge in [0.1, 0.15) is 5.82 Å². The second-order valence-electron chi connectivity index (χ2n) is 2.68. The van der Waals surface area contributed by atoms with E-state index in [1.54, 1.807) is 25.1 Å². The van der Waals surface area contributed by atoms with E-state index in [0.717, 1.165) is 0 Å². The van der Waals surface area contributed by atoms with E-state index in [-0.39, 0.29) is 5.82 Å². The summed E-state index contributed by atoms with van der Waals surface area (Å²) in [5, 5.41) is 0. The lowest BCUT2D eigenvalue weighted by atomic mass is 10.1. The normalized spacial score (nSPS) is 9.15. The molecule has 0 bridgehead atoms. The summed E-state index contributed by atoms with van der Waals surface area (Å²) in [7, 11) is 0.